The van der Waals surface area contributed by atoms with Gasteiger partial charge >= 0.3 is 0 Å². The fraction of sp³-hybridized carbons (Fsp3) is 0.214. The number of aromatic nitrogens is 1. The van der Waals surface area contributed by atoms with Crippen molar-refractivity contribution in [1.29, 1.82) is 0 Å². The molecular weight excluding hydrogens is 290 g/mol. The predicted molar refractivity (Wildman–Crippen MR) is 80.7 cm³/mol. The van der Waals surface area contributed by atoms with Crippen LogP contribution in [0.5, 0.6) is 0 Å². The summed E-state index contributed by atoms with van der Waals surface area (Å²) in [5.41, 5.74) is 2.62. The highest BCUT2D eigenvalue weighted by molar-refractivity contribution is 7.89. The number of hydrogen-bond acceptors (Lipinski definition) is 3. The Balaban J connectivity index is 2.35. The van der Waals surface area contributed by atoms with Gasteiger partial charge in [-0.2, -0.15) is 0 Å². The maximum Gasteiger partial charge on any atom is 0.272 e. The number of nitrogens with two attached hydrogens (primary N) is 1. The van der Waals surface area contributed by atoms with Crippen molar-refractivity contribution in [3.05, 3.63) is 47.3 Å². The van der Waals surface area contributed by atoms with E-state index < -0.39 is 10.0 Å². The molecule has 1 amide bonds. The molecule has 0 atom stereocenters. The van der Waals surface area contributed by atoms with Crippen LogP contribution in [0.3, 0.4) is 0 Å². The lowest BCUT2D eigenvalue weighted by Crippen LogP contribution is -2.18. The number of primary sulfonamides is 1. The number of amides is 1. The van der Waals surface area contributed by atoms with E-state index >= 15 is 0 Å². The molecule has 0 unspecified atom stereocenters. The summed E-state index contributed by atoms with van der Waals surface area (Å²) in [5.74, 6) is -0.305. The average molecular weight is 307 g/mol. The highest BCUT2D eigenvalue weighted by Gasteiger charge is 2.14. The van der Waals surface area contributed by atoms with Crippen LogP contribution in [0.1, 0.15) is 21.7 Å². The van der Waals surface area contributed by atoms with Gasteiger partial charge in [0.25, 0.3) is 5.91 Å². The summed E-state index contributed by atoms with van der Waals surface area (Å²) in [6, 6.07) is 7.92. The third-order valence-electron chi connectivity index (χ3n) is 3.39. The Bertz CT molecular complexity index is 807. The molecule has 2 rings (SSSR count). The van der Waals surface area contributed by atoms with Crippen LogP contribution in [-0.4, -0.2) is 18.9 Å². The van der Waals surface area contributed by atoms with Gasteiger partial charge in [0.15, 0.2) is 0 Å². The average Bonchev–Trinajstić information content (AvgIpc) is 2.71. The minimum atomic E-state index is -3.80. The molecule has 0 radical (unpaired) electrons. The summed E-state index contributed by atoms with van der Waals surface area (Å²) in [4.78, 5) is 12.2. The molecule has 1 aromatic heterocycles. The maximum absolute atomic E-state index is 12.2. The number of carbonyl (C=O) groups excluding carboxylic acids is 1. The van der Waals surface area contributed by atoms with Gasteiger partial charge in [0.05, 0.1) is 4.90 Å². The standard InChI is InChI=1S/C14H17N3O3S/c1-9-4-6-11(21(15,19)20)8-12(9)16-14(18)13-7-5-10(2)17(13)3/h4-8H,1-3H3,(H,16,18)(H2,15,19,20). The van der Waals surface area contributed by atoms with Crippen LogP contribution in [0.4, 0.5) is 5.69 Å². The number of hydrogen-bond donors (Lipinski definition) is 2. The molecule has 6 nitrogen and oxygen atoms in total. The lowest BCUT2D eigenvalue weighted by atomic mass is 10.2. The van der Waals surface area contributed by atoms with Crippen molar-refractivity contribution < 1.29 is 13.2 Å². The second kappa shape index (κ2) is 5.34. The van der Waals surface area contributed by atoms with E-state index in [1.807, 2.05) is 13.0 Å². The van der Waals surface area contributed by atoms with Gasteiger partial charge in [-0.3, -0.25) is 4.79 Å². The van der Waals surface area contributed by atoms with Crippen molar-refractivity contribution in [2.75, 3.05) is 5.32 Å². The Morgan fingerprint density at radius 3 is 2.38 bits per heavy atom. The fourth-order valence-corrected chi connectivity index (χ4v) is 2.48. The first kappa shape index (κ1) is 15.3. The van der Waals surface area contributed by atoms with Gasteiger partial charge in [-0.05, 0) is 43.7 Å². The van der Waals surface area contributed by atoms with Crippen LogP contribution < -0.4 is 10.5 Å². The highest BCUT2D eigenvalue weighted by Crippen LogP contribution is 2.20. The second-order valence-electron chi connectivity index (χ2n) is 4.89. The summed E-state index contributed by atoms with van der Waals surface area (Å²) in [6.45, 7) is 3.67. The fourth-order valence-electron chi connectivity index (χ4n) is 1.94. The molecule has 0 saturated carbocycles. The molecule has 3 N–H and O–H groups in total. The number of aryl methyl sites for hydroxylation is 2. The van der Waals surface area contributed by atoms with E-state index in [2.05, 4.69) is 5.32 Å². The van der Waals surface area contributed by atoms with E-state index in [4.69, 9.17) is 5.14 Å². The number of sulfonamides is 1. The minimum absolute atomic E-state index is 0.0357. The van der Waals surface area contributed by atoms with Crippen LogP contribution in [0.2, 0.25) is 0 Å². The Morgan fingerprint density at radius 1 is 1.19 bits per heavy atom. The van der Waals surface area contributed by atoms with E-state index in [1.54, 1.807) is 30.7 Å². The third-order valence-corrected chi connectivity index (χ3v) is 4.30. The number of benzene rings is 1. The van der Waals surface area contributed by atoms with Gasteiger partial charge in [0, 0.05) is 18.4 Å². The molecule has 1 aromatic carbocycles. The van der Waals surface area contributed by atoms with Crippen molar-refractivity contribution in [3.8, 4) is 0 Å². The van der Waals surface area contributed by atoms with Gasteiger partial charge in [0.2, 0.25) is 10.0 Å². The first-order chi connectivity index (χ1) is 9.70. The number of nitrogens with zero attached hydrogens (tertiary/aromatic N) is 1. The highest BCUT2D eigenvalue weighted by atomic mass is 32.2. The number of nitrogens with one attached hydrogen (secondary N) is 1. The van der Waals surface area contributed by atoms with Gasteiger partial charge in [-0.1, -0.05) is 6.07 Å². The molecule has 0 bridgehead atoms. The lowest BCUT2D eigenvalue weighted by Gasteiger charge is -2.11. The molecule has 2 aromatic rings. The molecule has 7 heteroatoms. The first-order valence-electron chi connectivity index (χ1n) is 6.27. The third kappa shape index (κ3) is 3.14. The Kier molecular flexibility index (Phi) is 3.89. The predicted octanol–water partition coefficient (Wildman–Crippen LogP) is 1.54. The summed E-state index contributed by atoms with van der Waals surface area (Å²) in [7, 11) is -2.01. The lowest BCUT2D eigenvalue weighted by molar-refractivity contribution is 0.101. The Morgan fingerprint density at radius 2 is 1.86 bits per heavy atom. The normalized spacial score (nSPS) is 11.4. The molecule has 0 aliphatic heterocycles. The number of anilines is 1. The van der Waals surface area contributed by atoms with Crippen molar-refractivity contribution in [1.82, 2.24) is 4.57 Å². The molecule has 0 aliphatic carbocycles. The zero-order valence-corrected chi connectivity index (χ0v) is 12.9. The van der Waals surface area contributed by atoms with Crippen LogP contribution in [0.15, 0.2) is 35.2 Å². The topological polar surface area (TPSA) is 94.2 Å². The van der Waals surface area contributed by atoms with Gasteiger partial charge in [-0.15, -0.1) is 0 Å². The Labute approximate surface area is 123 Å². The zero-order valence-electron chi connectivity index (χ0n) is 12.0. The molecule has 1 heterocycles. The van der Waals surface area contributed by atoms with Crippen LogP contribution >= 0.6 is 0 Å². The van der Waals surface area contributed by atoms with Crippen LogP contribution in [0, 0.1) is 13.8 Å². The van der Waals surface area contributed by atoms with Gasteiger partial charge < -0.3 is 9.88 Å². The zero-order chi connectivity index (χ0) is 15.8. The molecule has 0 fully saturated rings. The number of rotatable bonds is 3. The molecular formula is C14H17N3O3S. The molecule has 112 valence electrons. The van der Waals surface area contributed by atoms with Crippen molar-refractivity contribution in [2.24, 2.45) is 12.2 Å². The van der Waals surface area contributed by atoms with E-state index in [0.717, 1.165) is 11.3 Å². The second-order valence-corrected chi connectivity index (χ2v) is 6.46. The van der Waals surface area contributed by atoms with Crippen molar-refractivity contribution in [3.63, 3.8) is 0 Å². The summed E-state index contributed by atoms with van der Waals surface area (Å²) >= 11 is 0. The monoisotopic (exact) mass is 307 g/mol. The molecule has 21 heavy (non-hydrogen) atoms. The summed E-state index contributed by atoms with van der Waals surface area (Å²) in [6.07, 6.45) is 0. The molecule has 0 saturated heterocycles. The minimum Gasteiger partial charge on any atom is -0.344 e. The van der Waals surface area contributed by atoms with E-state index in [1.165, 1.54) is 12.1 Å². The van der Waals surface area contributed by atoms with E-state index in [9.17, 15) is 13.2 Å². The number of carbonyl (C=O) groups is 1. The first-order valence-corrected chi connectivity index (χ1v) is 7.82. The van der Waals surface area contributed by atoms with Crippen molar-refractivity contribution >= 4 is 21.6 Å². The van der Waals surface area contributed by atoms with Crippen molar-refractivity contribution in [2.45, 2.75) is 18.7 Å². The van der Waals surface area contributed by atoms with E-state index in [0.29, 0.717) is 11.4 Å². The van der Waals surface area contributed by atoms with Gasteiger partial charge in [-0.25, -0.2) is 13.6 Å². The SMILES string of the molecule is Cc1ccc(S(N)(=O)=O)cc1NC(=O)c1ccc(C)n1C. The summed E-state index contributed by atoms with van der Waals surface area (Å²) < 4.78 is 24.5. The van der Waals surface area contributed by atoms with Crippen LogP contribution in [0.25, 0.3) is 0 Å². The van der Waals surface area contributed by atoms with E-state index in [-0.39, 0.29) is 10.8 Å². The van der Waals surface area contributed by atoms with Crippen LogP contribution in [-0.2, 0) is 17.1 Å². The molecule has 0 spiro atoms. The maximum atomic E-state index is 12.2. The quantitative estimate of drug-likeness (QED) is 0.900. The molecule has 0 aliphatic rings. The smallest absolute Gasteiger partial charge is 0.272 e. The van der Waals surface area contributed by atoms with Gasteiger partial charge in [0.1, 0.15) is 5.69 Å². The Hall–Kier alpha value is -2.12. The summed E-state index contributed by atoms with van der Waals surface area (Å²) in [5, 5.41) is 7.81. The largest absolute Gasteiger partial charge is 0.344 e.